The summed E-state index contributed by atoms with van der Waals surface area (Å²) in [6.07, 6.45) is -5.96. The summed E-state index contributed by atoms with van der Waals surface area (Å²) in [6.45, 7) is 2.73. The molecule has 0 heterocycles. The van der Waals surface area contributed by atoms with Crippen molar-refractivity contribution in [3.63, 3.8) is 0 Å². The van der Waals surface area contributed by atoms with Gasteiger partial charge in [0.1, 0.15) is 11.8 Å². The predicted octanol–water partition coefficient (Wildman–Crippen LogP) is 5.39. The SMILES string of the molecule is CC1(C)CC(O)(C(F)(F)F)C(Nc2cccc3cc(O)ccc23)c2cc(C#N)c(F)c(O)c21. The van der Waals surface area contributed by atoms with Crippen molar-refractivity contribution in [2.45, 2.75) is 43.5 Å². The van der Waals surface area contributed by atoms with Crippen molar-refractivity contribution < 1.29 is 32.9 Å². The van der Waals surface area contributed by atoms with Gasteiger partial charge in [-0.2, -0.15) is 18.4 Å². The zero-order valence-corrected chi connectivity index (χ0v) is 17.6. The lowest BCUT2D eigenvalue weighted by Crippen LogP contribution is -2.58. The Morgan fingerprint density at radius 3 is 2.45 bits per heavy atom. The van der Waals surface area contributed by atoms with Crippen LogP contribution in [0, 0.1) is 17.1 Å². The molecule has 0 bridgehead atoms. The zero-order chi connectivity index (χ0) is 24.3. The molecular formula is C24H20F4N2O3. The molecule has 33 heavy (non-hydrogen) atoms. The summed E-state index contributed by atoms with van der Waals surface area (Å²) < 4.78 is 57.5. The van der Waals surface area contributed by atoms with Gasteiger partial charge in [-0.3, -0.25) is 0 Å². The van der Waals surface area contributed by atoms with Crippen LogP contribution in [0.1, 0.15) is 43.0 Å². The van der Waals surface area contributed by atoms with Crippen molar-refractivity contribution in [1.29, 1.82) is 5.26 Å². The van der Waals surface area contributed by atoms with Crippen molar-refractivity contribution >= 4 is 16.5 Å². The molecule has 172 valence electrons. The van der Waals surface area contributed by atoms with E-state index in [1.54, 1.807) is 18.2 Å². The number of halogens is 4. The number of nitrogens with zero attached hydrogens (tertiary/aromatic N) is 1. The highest BCUT2D eigenvalue weighted by Crippen LogP contribution is 2.57. The standard InChI is InChI=1S/C24H20F4N2O3/c1-22(2)11-23(33,24(26,27)28)21(16-9-13(10-29)19(25)20(32)18(16)22)30-17-5-3-4-12-8-14(31)6-7-15(12)17/h3-9,21,30-33H,11H2,1-2H3. The van der Waals surface area contributed by atoms with Gasteiger partial charge in [0, 0.05) is 16.6 Å². The van der Waals surface area contributed by atoms with Gasteiger partial charge < -0.3 is 20.6 Å². The van der Waals surface area contributed by atoms with Crippen LogP contribution < -0.4 is 5.32 Å². The molecule has 0 fully saturated rings. The van der Waals surface area contributed by atoms with Crippen LogP contribution >= 0.6 is 0 Å². The van der Waals surface area contributed by atoms with E-state index in [2.05, 4.69) is 5.32 Å². The van der Waals surface area contributed by atoms with Gasteiger partial charge >= 0.3 is 6.18 Å². The molecule has 0 aliphatic heterocycles. The fourth-order valence-corrected chi connectivity index (χ4v) is 4.82. The van der Waals surface area contributed by atoms with Crippen LogP contribution in [0.25, 0.3) is 10.8 Å². The fraction of sp³-hybridized carbons (Fsp3) is 0.292. The van der Waals surface area contributed by atoms with Crippen LogP contribution in [-0.2, 0) is 5.41 Å². The van der Waals surface area contributed by atoms with Gasteiger partial charge in [-0.15, -0.1) is 0 Å². The maximum Gasteiger partial charge on any atom is 0.419 e. The first-order valence-corrected chi connectivity index (χ1v) is 10.0. The first-order chi connectivity index (χ1) is 15.3. The third kappa shape index (κ3) is 3.42. The van der Waals surface area contributed by atoms with Gasteiger partial charge in [0.05, 0.1) is 11.6 Å². The van der Waals surface area contributed by atoms with Gasteiger partial charge in [0.2, 0.25) is 0 Å². The number of rotatable bonds is 2. The molecular weight excluding hydrogens is 440 g/mol. The number of hydrogen-bond donors (Lipinski definition) is 4. The Labute approximate surface area is 186 Å². The van der Waals surface area contributed by atoms with E-state index in [9.17, 15) is 38.1 Å². The lowest BCUT2D eigenvalue weighted by Gasteiger charge is -2.49. The number of anilines is 1. The third-order valence-corrected chi connectivity index (χ3v) is 6.22. The van der Waals surface area contributed by atoms with E-state index in [0.717, 1.165) is 6.07 Å². The molecule has 0 amide bonds. The van der Waals surface area contributed by atoms with Crippen LogP contribution in [0.4, 0.5) is 23.2 Å². The van der Waals surface area contributed by atoms with Gasteiger partial charge in [-0.05, 0) is 53.1 Å². The minimum Gasteiger partial charge on any atom is -0.508 e. The van der Waals surface area contributed by atoms with Crippen LogP contribution in [0.3, 0.4) is 0 Å². The molecule has 3 aromatic rings. The van der Waals surface area contributed by atoms with E-state index < -0.39 is 46.8 Å². The Balaban J connectivity index is 2.01. The summed E-state index contributed by atoms with van der Waals surface area (Å²) in [5.41, 5.74) is -5.53. The summed E-state index contributed by atoms with van der Waals surface area (Å²) in [5.74, 6) is -2.16. The summed E-state index contributed by atoms with van der Waals surface area (Å²) in [4.78, 5) is 0. The minimum atomic E-state index is -5.10. The number of benzene rings is 3. The first kappa shape index (κ1) is 22.7. The summed E-state index contributed by atoms with van der Waals surface area (Å²) in [6, 6.07) is 9.66. The maximum absolute atomic E-state index is 14.6. The molecule has 4 N–H and O–H groups in total. The number of aromatic hydroxyl groups is 2. The zero-order valence-electron chi connectivity index (χ0n) is 17.6. The second-order valence-corrected chi connectivity index (χ2v) is 8.93. The van der Waals surface area contributed by atoms with E-state index in [1.165, 1.54) is 38.1 Å². The first-order valence-electron chi connectivity index (χ1n) is 10.0. The molecule has 0 saturated heterocycles. The Morgan fingerprint density at radius 1 is 1.12 bits per heavy atom. The van der Waals surface area contributed by atoms with Crippen molar-refractivity contribution in [2.75, 3.05) is 5.32 Å². The molecule has 0 saturated carbocycles. The molecule has 5 nitrogen and oxygen atoms in total. The van der Waals surface area contributed by atoms with Crippen LogP contribution in [0.15, 0.2) is 42.5 Å². The van der Waals surface area contributed by atoms with E-state index in [0.29, 0.717) is 10.8 Å². The largest absolute Gasteiger partial charge is 0.508 e. The van der Waals surface area contributed by atoms with Gasteiger partial charge in [0.15, 0.2) is 17.2 Å². The van der Waals surface area contributed by atoms with Crippen LogP contribution in [-0.4, -0.2) is 27.1 Å². The number of nitriles is 1. The lowest BCUT2D eigenvalue weighted by atomic mass is 9.63. The quantitative estimate of drug-likeness (QED) is 0.385. The van der Waals surface area contributed by atoms with Gasteiger partial charge in [-0.25, -0.2) is 4.39 Å². The molecule has 0 radical (unpaired) electrons. The Bertz CT molecular complexity index is 1310. The number of phenolic OH excluding ortho intramolecular Hbond substituents is 2. The molecule has 4 rings (SSSR count). The van der Waals surface area contributed by atoms with Crippen molar-refractivity contribution in [3.8, 4) is 17.6 Å². The molecule has 1 aliphatic carbocycles. The molecule has 3 aromatic carbocycles. The highest BCUT2D eigenvalue weighted by Gasteiger charge is 2.64. The molecule has 0 aromatic heterocycles. The Morgan fingerprint density at radius 2 is 1.82 bits per heavy atom. The van der Waals surface area contributed by atoms with E-state index in [1.807, 2.05) is 0 Å². The van der Waals surface area contributed by atoms with E-state index in [-0.39, 0.29) is 22.6 Å². The van der Waals surface area contributed by atoms with Crippen molar-refractivity contribution in [1.82, 2.24) is 0 Å². The summed E-state index contributed by atoms with van der Waals surface area (Å²) >= 11 is 0. The third-order valence-electron chi connectivity index (χ3n) is 6.22. The normalized spacial score (nSPS) is 21.9. The van der Waals surface area contributed by atoms with Crippen LogP contribution in [0.5, 0.6) is 11.5 Å². The molecule has 9 heteroatoms. The molecule has 2 atom stereocenters. The Hall–Kier alpha value is -3.51. The second-order valence-electron chi connectivity index (χ2n) is 8.93. The summed E-state index contributed by atoms with van der Waals surface area (Å²) in [7, 11) is 0. The summed E-state index contributed by atoms with van der Waals surface area (Å²) in [5, 5.41) is 44.3. The van der Waals surface area contributed by atoms with Gasteiger partial charge in [0.25, 0.3) is 0 Å². The number of phenols is 2. The number of fused-ring (bicyclic) bond motifs is 2. The molecule has 1 aliphatic rings. The molecule has 0 spiro atoms. The van der Waals surface area contributed by atoms with E-state index in [4.69, 9.17) is 0 Å². The lowest BCUT2D eigenvalue weighted by molar-refractivity contribution is -0.276. The molecule has 2 unspecified atom stereocenters. The number of hydrogen-bond acceptors (Lipinski definition) is 5. The van der Waals surface area contributed by atoms with Gasteiger partial charge in [-0.1, -0.05) is 26.0 Å². The monoisotopic (exact) mass is 460 g/mol. The van der Waals surface area contributed by atoms with Crippen molar-refractivity contribution in [2.24, 2.45) is 0 Å². The number of aliphatic hydroxyl groups is 1. The fourth-order valence-electron chi connectivity index (χ4n) is 4.82. The topological polar surface area (TPSA) is 96.5 Å². The second kappa shape index (κ2) is 7.25. The van der Waals surface area contributed by atoms with Crippen molar-refractivity contribution in [3.05, 3.63) is 65.0 Å². The maximum atomic E-state index is 14.6. The number of alkyl halides is 3. The minimum absolute atomic E-state index is 0.0322. The average Bonchev–Trinajstić information content (AvgIpc) is 2.71. The predicted molar refractivity (Wildman–Crippen MR) is 113 cm³/mol. The smallest absolute Gasteiger partial charge is 0.419 e. The average molecular weight is 460 g/mol. The Kier molecular flexibility index (Phi) is 4.98. The highest BCUT2D eigenvalue weighted by atomic mass is 19.4. The number of nitrogens with one attached hydrogen (secondary N) is 1. The van der Waals surface area contributed by atoms with Crippen LogP contribution in [0.2, 0.25) is 0 Å². The highest BCUT2D eigenvalue weighted by molar-refractivity contribution is 5.95. The van der Waals surface area contributed by atoms with E-state index >= 15 is 0 Å².